The van der Waals surface area contributed by atoms with Crippen LogP contribution in [0.2, 0.25) is 0 Å². The molecule has 0 amide bonds. The first kappa shape index (κ1) is 22.4. The van der Waals surface area contributed by atoms with E-state index in [0.29, 0.717) is 0 Å². The number of nitrogens with one attached hydrogen (secondary N) is 2. The minimum atomic E-state index is 0.889. The molecule has 9 nitrogen and oxygen atoms in total. The Morgan fingerprint density at radius 3 is 2.59 bits per heavy atom. The molecule has 0 radical (unpaired) electrons. The Bertz CT molecular complexity index is 1550. The molecule has 2 aliphatic heterocycles. The van der Waals surface area contributed by atoms with Gasteiger partial charge in [-0.15, -0.1) is 0 Å². The summed E-state index contributed by atoms with van der Waals surface area (Å²) in [6.07, 6.45) is 10.2. The lowest BCUT2D eigenvalue weighted by Crippen LogP contribution is -2.44. The molecule has 2 saturated heterocycles. The van der Waals surface area contributed by atoms with Crippen molar-refractivity contribution in [2.45, 2.75) is 19.4 Å². The van der Waals surface area contributed by atoms with Crippen molar-refractivity contribution in [3.63, 3.8) is 0 Å². The van der Waals surface area contributed by atoms with Crippen molar-refractivity contribution >= 4 is 27.6 Å². The van der Waals surface area contributed by atoms with E-state index >= 15 is 0 Å². The van der Waals surface area contributed by atoms with E-state index in [1.807, 2.05) is 30.9 Å². The number of hydrogen-bond acceptors (Lipinski definition) is 7. The van der Waals surface area contributed by atoms with Crippen LogP contribution < -0.4 is 4.90 Å². The molecular formula is C28H31N9. The third kappa shape index (κ3) is 4.24. The molecule has 2 fully saturated rings. The zero-order valence-electron chi connectivity index (χ0n) is 21.1. The maximum atomic E-state index is 4.75. The summed E-state index contributed by atoms with van der Waals surface area (Å²) in [6, 6.07) is 8.56. The topological polar surface area (TPSA) is 92.9 Å². The van der Waals surface area contributed by atoms with Crippen molar-refractivity contribution in [3.8, 4) is 22.6 Å². The summed E-state index contributed by atoms with van der Waals surface area (Å²) in [6.45, 7) is 7.33. The van der Waals surface area contributed by atoms with E-state index in [1.165, 1.54) is 31.5 Å². The zero-order valence-corrected chi connectivity index (χ0v) is 21.1. The van der Waals surface area contributed by atoms with Gasteiger partial charge in [0, 0.05) is 67.7 Å². The number of nitrogens with zero attached hydrogens (tertiary/aromatic N) is 7. The second-order valence-electron chi connectivity index (χ2n) is 10.3. The highest BCUT2D eigenvalue weighted by Gasteiger charge is 2.20. The first-order chi connectivity index (χ1) is 18.2. The van der Waals surface area contributed by atoms with E-state index in [4.69, 9.17) is 9.97 Å². The number of hydrogen-bond donors (Lipinski definition) is 2. The van der Waals surface area contributed by atoms with Gasteiger partial charge < -0.3 is 14.8 Å². The average molecular weight is 494 g/mol. The van der Waals surface area contributed by atoms with Crippen LogP contribution in [0.15, 0.2) is 49.1 Å². The number of piperazine rings is 1. The van der Waals surface area contributed by atoms with Crippen LogP contribution in [-0.2, 0) is 6.54 Å². The Hall–Kier alpha value is -3.82. The second kappa shape index (κ2) is 9.24. The fourth-order valence-corrected chi connectivity index (χ4v) is 5.63. The summed E-state index contributed by atoms with van der Waals surface area (Å²) in [4.78, 5) is 24.8. The number of H-pyrrole nitrogens is 2. The van der Waals surface area contributed by atoms with E-state index in [1.54, 1.807) is 0 Å². The number of pyridine rings is 3. The molecule has 0 saturated carbocycles. The van der Waals surface area contributed by atoms with Gasteiger partial charge in [-0.2, -0.15) is 5.10 Å². The number of anilines is 1. The molecule has 7 rings (SSSR count). The van der Waals surface area contributed by atoms with Crippen molar-refractivity contribution in [3.05, 3.63) is 54.6 Å². The highest BCUT2D eigenvalue weighted by atomic mass is 15.3. The van der Waals surface area contributed by atoms with E-state index in [9.17, 15) is 0 Å². The fraction of sp³-hybridized carbons (Fsp3) is 0.357. The standard InChI is InChI=1S/C28H31N9/c1-35-8-10-37(11-9-35)28-22-14-25(32-23(22)4-5-30-28)27-21-13-24(31-17-26(21)33-34-27)20-12-19(15-29-16-20)18-36-6-2-3-7-36/h4-5,12-17,32H,2-3,6-11,18H2,1H3,(H,33,34). The summed E-state index contributed by atoms with van der Waals surface area (Å²) in [5.74, 6) is 1.04. The van der Waals surface area contributed by atoms with Crippen LogP contribution in [0.4, 0.5) is 5.82 Å². The van der Waals surface area contributed by atoms with Crippen molar-refractivity contribution in [1.29, 1.82) is 0 Å². The maximum Gasteiger partial charge on any atom is 0.138 e. The summed E-state index contributed by atoms with van der Waals surface area (Å²) < 4.78 is 0. The highest BCUT2D eigenvalue weighted by molar-refractivity contribution is 5.99. The largest absolute Gasteiger partial charge is 0.353 e. The van der Waals surface area contributed by atoms with Gasteiger partial charge in [-0.1, -0.05) is 0 Å². The molecule has 37 heavy (non-hydrogen) atoms. The van der Waals surface area contributed by atoms with E-state index in [0.717, 1.165) is 83.0 Å². The van der Waals surface area contributed by atoms with Crippen LogP contribution in [0.1, 0.15) is 18.4 Å². The molecule has 2 N–H and O–H groups in total. The number of likely N-dealkylation sites (N-methyl/N-ethyl adjacent to an activating group) is 1. The van der Waals surface area contributed by atoms with Gasteiger partial charge in [0.25, 0.3) is 0 Å². The molecular weight excluding hydrogens is 462 g/mol. The van der Waals surface area contributed by atoms with Gasteiger partial charge in [0.05, 0.1) is 28.6 Å². The number of aromatic nitrogens is 6. The Kier molecular flexibility index (Phi) is 5.59. The third-order valence-electron chi connectivity index (χ3n) is 7.73. The van der Waals surface area contributed by atoms with E-state index in [2.05, 4.69) is 60.1 Å². The number of aromatic amines is 2. The van der Waals surface area contributed by atoms with Crippen molar-refractivity contribution in [2.24, 2.45) is 0 Å². The first-order valence-corrected chi connectivity index (χ1v) is 13.1. The molecule has 0 aromatic carbocycles. The quantitative estimate of drug-likeness (QED) is 0.383. The Labute approximate surface area is 215 Å². The summed E-state index contributed by atoms with van der Waals surface area (Å²) >= 11 is 0. The van der Waals surface area contributed by atoms with Gasteiger partial charge >= 0.3 is 0 Å². The molecule has 0 spiro atoms. The summed E-state index contributed by atoms with van der Waals surface area (Å²) in [5, 5.41) is 10.0. The molecule has 5 aromatic rings. The Morgan fingerprint density at radius 2 is 1.73 bits per heavy atom. The molecule has 9 heteroatoms. The zero-order chi connectivity index (χ0) is 24.8. The van der Waals surface area contributed by atoms with Crippen molar-refractivity contribution in [2.75, 3.05) is 51.2 Å². The van der Waals surface area contributed by atoms with Gasteiger partial charge in [0.1, 0.15) is 11.5 Å². The van der Waals surface area contributed by atoms with E-state index < -0.39 is 0 Å². The van der Waals surface area contributed by atoms with Crippen molar-refractivity contribution < 1.29 is 0 Å². The predicted octanol–water partition coefficient (Wildman–Crippen LogP) is 3.91. The van der Waals surface area contributed by atoms with Crippen LogP contribution in [0.5, 0.6) is 0 Å². The van der Waals surface area contributed by atoms with Crippen LogP contribution >= 0.6 is 0 Å². The van der Waals surface area contributed by atoms with Crippen LogP contribution in [0, 0.1) is 0 Å². The van der Waals surface area contributed by atoms with Crippen LogP contribution in [-0.4, -0.2) is 86.2 Å². The first-order valence-electron chi connectivity index (χ1n) is 13.1. The summed E-state index contributed by atoms with van der Waals surface area (Å²) in [5.41, 5.74) is 7.02. The molecule has 0 bridgehead atoms. The second-order valence-corrected chi connectivity index (χ2v) is 10.3. The third-order valence-corrected chi connectivity index (χ3v) is 7.73. The molecule has 0 unspecified atom stereocenters. The van der Waals surface area contributed by atoms with Crippen LogP contribution in [0.3, 0.4) is 0 Å². The lowest BCUT2D eigenvalue weighted by Gasteiger charge is -2.33. The number of fused-ring (bicyclic) bond motifs is 2. The maximum absolute atomic E-state index is 4.75. The average Bonchev–Trinajstić information content (AvgIpc) is 3.68. The van der Waals surface area contributed by atoms with Crippen molar-refractivity contribution in [1.82, 2.24) is 39.9 Å². The minimum absolute atomic E-state index is 0.889. The monoisotopic (exact) mass is 493 g/mol. The molecule has 0 aliphatic carbocycles. The minimum Gasteiger partial charge on any atom is -0.353 e. The predicted molar refractivity (Wildman–Crippen MR) is 146 cm³/mol. The lowest BCUT2D eigenvalue weighted by molar-refractivity contribution is 0.312. The highest BCUT2D eigenvalue weighted by Crippen LogP contribution is 2.33. The Balaban J connectivity index is 1.24. The fourth-order valence-electron chi connectivity index (χ4n) is 5.63. The Morgan fingerprint density at radius 1 is 0.865 bits per heavy atom. The van der Waals surface area contributed by atoms with Gasteiger partial charge in [0.2, 0.25) is 0 Å². The lowest BCUT2D eigenvalue weighted by atomic mass is 10.1. The molecule has 188 valence electrons. The van der Waals surface area contributed by atoms with E-state index in [-0.39, 0.29) is 0 Å². The van der Waals surface area contributed by atoms with Gasteiger partial charge in [-0.3, -0.25) is 20.0 Å². The molecule has 0 atom stereocenters. The summed E-state index contributed by atoms with van der Waals surface area (Å²) in [7, 11) is 2.17. The molecule has 2 aliphatic rings. The van der Waals surface area contributed by atoms with Gasteiger partial charge in [-0.25, -0.2) is 4.98 Å². The normalized spacial score (nSPS) is 17.4. The number of likely N-dealkylation sites (tertiary alicyclic amines) is 1. The molecule has 5 aromatic heterocycles. The number of rotatable bonds is 5. The molecule has 7 heterocycles. The van der Waals surface area contributed by atoms with Gasteiger partial charge in [0.15, 0.2) is 0 Å². The SMILES string of the molecule is CN1CCN(c2nccc3[nH]c(-c4n[nH]c5cnc(-c6cncc(CN7CCCC7)c6)cc45)cc23)CC1. The van der Waals surface area contributed by atoms with Gasteiger partial charge in [-0.05, 0) is 62.8 Å². The van der Waals surface area contributed by atoms with Crippen LogP contribution in [0.25, 0.3) is 44.5 Å². The smallest absolute Gasteiger partial charge is 0.138 e.